The van der Waals surface area contributed by atoms with Gasteiger partial charge in [-0.25, -0.2) is 0 Å². The topological polar surface area (TPSA) is 55.1 Å². The van der Waals surface area contributed by atoms with Crippen molar-refractivity contribution in [3.05, 3.63) is 47.3 Å². The number of rotatable bonds is 3. The number of carbonyl (C=O) groups is 1. The van der Waals surface area contributed by atoms with Gasteiger partial charge in [0, 0.05) is 17.6 Å². The summed E-state index contributed by atoms with van der Waals surface area (Å²) in [5, 5.41) is 6.37. The molecule has 0 aliphatic rings. The third-order valence-corrected chi connectivity index (χ3v) is 2.50. The van der Waals surface area contributed by atoms with E-state index < -0.39 is 0 Å². The van der Waals surface area contributed by atoms with Crippen molar-refractivity contribution in [3.8, 4) is 0 Å². The van der Waals surface area contributed by atoms with E-state index in [0.717, 1.165) is 5.56 Å². The molecule has 0 saturated carbocycles. The van der Waals surface area contributed by atoms with Gasteiger partial charge < -0.3 is 9.84 Å². The lowest BCUT2D eigenvalue weighted by Crippen LogP contribution is -2.10. The van der Waals surface area contributed by atoms with Crippen LogP contribution in [0.1, 0.15) is 21.8 Å². The number of aryl methyl sites for hydroxylation is 1. The van der Waals surface area contributed by atoms with E-state index in [9.17, 15) is 4.79 Å². The van der Waals surface area contributed by atoms with Gasteiger partial charge in [0.25, 0.3) is 5.91 Å². The molecule has 0 bridgehead atoms. The number of amides is 1. The van der Waals surface area contributed by atoms with Crippen LogP contribution in [0.5, 0.6) is 0 Å². The fraction of sp³-hybridized carbons (Fsp3) is 0.167. The number of carbonyl (C=O) groups excluding carboxylic acids is 1. The van der Waals surface area contributed by atoms with E-state index in [0.29, 0.717) is 17.3 Å². The first-order valence-electron chi connectivity index (χ1n) is 5.08. The van der Waals surface area contributed by atoms with Crippen LogP contribution in [0.15, 0.2) is 34.9 Å². The first-order valence-corrected chi connectivity index (χ1v) is 5.62. The van der Waals surface area contributed by atoms with Crippen LogP contribution < -0.4 is 5.32 Å². The van der Waals surface area contributed by atoms with Gasteiger partial charge in [-0.15, -0.1) is 11.6 Å². The number of aromatic nitrogens is 1. The lowest BCUT2D eigenvalue weighted by molar-refractivity contribution is 0.0988. The van der Waals surface area contributed by atoms with Crippen LogP contribution >= 0.6 is 11.6 Å². The van der Waals surface area contributed by atoms with Crippen LogP contribution in [0.25, 0.3) is 0 Å². The van der Waals surface area contributed by atoms with Crippen LogP contribution in [-0.2, 0) is 5.88 Å². The molecule has 0 spiro atoms. The third-order valence-electron chi connectivity index (χ3n) is 2.19. The van der Waals surface area contributed by atoms with Crippen molar-refractivity contribution in [1.29, 1.82) is 0 Å². The quantitative estimate of drug-likeness (QED) is 0.852. The maximum Gasteiger partial charge on any atom is 0.294 e. The summed E-state index contributed by atoms with van der Waals surface area (Å²) >= 11 is 5.71. The first-order chi connectivity index (χ1) is 8.19. The van der Waals surface area contributed by atoms with E-state index in [2.05, 4.69) is 10.5 Å². The zero-order valence-corrected chi connectivity index (χ0v) is 9.99. The minimum atomic E-state index is -0.322. The molecule has 1 aromatic heterocycles. The molecule has 1 aromatic carbocycles. The van der Waals surface area contributed by atoms with Crippen molar-refractivity contribution >= 4 is 23.2 Å². The summed E-state index contributed by atoms with van der Waals surface area (Å²) in [4.78, 5) is 11.7. The van der Waals surface area contributed by atoms with Crippen LogP contribution in [0, 0.1) is 6.92 Å². The van der Waals surface area contributed by atoms with Crippen molar-refractivity contribution in [3.63, 3.8) is 0 Å². The number of halogens is 1. The molecule has 0 atom stereocenters. The van der Waals surface area contributed by atoms with Crippen molar-refractivity contribution < 1.29 is 9.32 Å². The summed E-state index contributed by atoms with van der Waals surface area (Å²) in [5.41, 5.74) is 2.30. The van der Waals surface area contributed by atoms with Crippen LogP contribution in [0.3, 0.4) is 0 Å². The van der Waals surface area contributed by atoms with Crippen molar-refractivity contribution in [2.24, 2.45) is 0 Å². The van der Waals surface area contributed by atoms with Crippen LogP contribution in [-0.4, -0.2) is 11.1 Å². The van der Waals surface area contributed by atoms with E-state index in [1.165, 1.54) is 0 Å². The van der Waals surface area contributed by atoms with E-state index in [4.69, 9.17) is 16.1 Å². The maximum absolute atomic E-state index is 11.7. The number of hydrogen-bond donors (Lipinski definition) is 1. The Morgan fingerprint density at radius 3 is 2.94 bits per heavy atom. The summed E-state index contributed by atoms with van der Waals surface area (Å²) < 4.78 is 4.87. The Labute approximate surface area is 104 Å². The number of hydrogen-bond acceptors (Lipinski definition) is 3. The van der Waals surface area contributed by atoms with Gasteiger partial charge in [0.1, 0.15) is 0 Å². The molecule has 1 amide bonds. The van der Waals surface area contributed by atoms with Gasteiger partial charge in [-0.2, -0.15) is 0 Å². The smallest absolute Gasteiger partial charge is 0.294 e. The molecule has 1 N–H and O–H groups in total. The summed E-state index contributed by atoms with van der Waals surface area (Å²) in [5.74, 6) is 0.279. The average molecular weight is 251 g/mol. The fourth-order valence-corrected chi connectivity index (χ4v) is 1.56. The van der Waals surface area contributed by atoms with Crippen LogP contribution in [0.4, 0.5) is 5.69 Å². The predicted octanol–water partition coefficient (Wildman–Crippen LogP) is 2.97. The van der Waals surface area contributed by atoms with Gasteiger partial charge in [0.2, 0.25) is 5.76 Å². The monoisotopic (exact) mass is 250 g/mol. The van der Waals surface area contributed by atoms with Crippen LogP contribution in [0.2, 0.25) is 0 Å². The molecule has 1 heterocycles. The molecule has 4 nitrogen and oxygen atoms in total. The molecule has 0 saturated heterocycles. The third kappa shape index (κ3) is 2.85. The molecule has 0 aliphatic carbocycles. The van der Waals surface area contributed by atoms with E-state index in [1.54, 1.807) is 19.1 Å². The minimum absolute atomic E-state index is 0.193. The zero-order valence-electron chi connectivity index (χ0n) is 9.24. The largest absolute Gasteiger partial charge is 0.351 e. The highest BCUT2D eigenvalue weighted by Crippen LogP contribution is 2.14. The van der Waals surface area contributed by atoms with Crippen molar-refractivity contribution in [2.45, 2.75) is 12.8 Å². The standard InChI is InChI=1S/C12H11ClN2O2/c1-8-5-11(17-15-8)12(16)14-10-4-2-3-9(6-10)7-13/h2-6H,7H2,1H3,(H,14,16). The Morgan fingerprint density at radius 2 is 2.29 bits per heavy atom. The number of nitrogens with one attached hydrogen (secondary N) is 1. The fourth-order valence-electron chi connectivity index (χ4n) is 1.40. The summed E-state index contributed by atoms with van der Waals surface area (Å²) in [6.45, 7) is 1.76. The molecule has 2 rings (SSSR count). The van der Waals surface area contributed by atoms with Crippen molar-refractivity contribution in [2.75, 3.05) is 5.32 Å². The molecule has 0 fully saturated rings. The van der Waals surface area contributed by atoms with E-state index in [-0.39, 0.29) is 11.7 Å². The van der Waals surface area contributed by atoms with E-state index in [1.807, 2.05) is 18.2 Å². The lowest BCUT2D eigenvalue weighted by atomic mass is 10.2. The van der Waals surface area contributed by atoms with Gasteiger partial charge in [-0.1, -0.05) is 17.3 Å². The molecular weight excluding hydrogens is 240 g/mol. The molecule has 17 heavy (non-hydrogen) atoms. The predicted molar refractivity (Wildman–Crippen MR) is 65.2 cm³/mol. The SMILES string of the molecule is Cc1cc(C(=O)Nc2cccc(CCl)c2)on1. The van der Waals surface area contributed by atoms with Gasteiger partial charge in [-0.05, 0) is 24.6 Å². The summed E-state index contributed by atoms with van der Waals surface area (Å²) in [7, 11) is 0. The molecular formula is C12H11ClN2O2. The highest BCUT2D eigenvalue weighted by Gasteiger charge is 2.11. The Kier molecular flexibility index (Phi) is 3.44. The Morgan fingerprint density at radius 1 is 1.47 bits per heavy atom. The summed E-state index contributed by atoms with van der Waals surface area (Å²) in [6.07, 6.45) is 0. The lowest BCUT2D eigenvalue weighted by Gasteiger charge is -2.03. The number of anilines is 1. The molecule has 88 valence electrons. The second-order valence-corrected chi connectivity index (χ2v) is 3.89. The normalized spacial score (nSPS) is 10.2. The highest BCUT2D eigenvalue weighted by atomic mass is 35.5. The molecule has 0 aliphatic heterocycles. The Hall–Kier alpha value is -1.81. The first kappa shape index (κ1) is 11.7. The van der Waals surface area contributed by atoms with Gasteiger partial charge in [-0.3, -0.25) is 4.79 Å². The number of benzene rings is 1. The van der Waals surface area contributed by atoms with Crippen molar-refractivity contribution in [1.82, 2.24) is 5.16 Å². The Bertz CT molecular complexity index is 537. The molecule has 0 radical (unpaired) electrons. The minimum Gasteiger partial charge on any atom is -0.351 e. The summed E-state index contributed by atoms with van der Waals surface area (Å²) in [6, 6.07) is 8.91. The second kappa shape index (κ2) is 5.01. The molecule has 0 unspecified atom stereocenters. The second-order valence-electron chi connectivity index (χ2n) is 3.62. The molecule has 5 heteroatoms. The van der Waals surface area contributed by atoms with Gasteiger partial charge >= 0.3 is 0 Å². The number of nitrogens with zero attached hydrogens (tertiary/aromatic N) is 1. The Balaban J connectivity index is 2.12. The zero-order chi connectivity index (χ0) is 12.3. The molecule has 2 aromatic rings. The highest BCUT2D eigenvalue weighted by molar-refractivity contribution is 6.17. The van der Waals surface area contributed by atoms with Gasteiger partial charge in [0.15, 0.2) is 0 Å². The van der Waals surface area contributed by atoms with Gasteiger partial charge in [0.05, 0.1) is 5.69 Å². The average Bonchev–Trinajstić information content (AvgIpc) is 2.76. The maximum atomic E-state index is 11.7. The number of alkyl halides is 1. The van der Waals surface area contributed by atoms with E-state index >= 15 is 0 Å².